The van der Waals surface area contributed by atoms with Crippen LogP contribution < -0.4 is 16.0 Å². The first-order valence-electron chi connectivity index (χ1n) is 9.83. The van der Waals surface area contributed by atoms with Gasteiger partial charge in [0, 0.05) is 17.8 Å². The number of nitrogens with zero attached hydrogens (tertiary/aromatic N) is 1. The molecule has 3 amide bonds. The van der Waals surface area contributed by atoms with E-state index in [1.165, 1.54) is 36.4 Å². The molecule has 0 fully saturated rings. The van der Waals surface area contributed by atoms with Crippen LogP contribution in [-0.4, -0.2) is 40.5 Å². The highest BCUT2D eigenvalue weighted by atomic mass is 19.1. The van der Waals surface area contributed by atoms with Crippen molar-refractivity contribution in [2.75, 3.05) is 11.9 Å². The number of pyridine rings is 1. The zero-order chi connectivity index (χ0) is 23.8. The number of carbonyl (C=O) groups excluding carboxylic acids is 3. The second-order valence-corrected chi connectivity index (χ2v) is 6.93. The molecule has 0 saturated carbocycles. The van der Waals surface area contributed by atoms with Gasteiger partial charge in [-0.05, 0) is 54.1 Å². The maximum Gasteiger partial charge on any atom is 0.270 e. The van der Waals surface area contributed by atoms with E-state index >= 15 is 0 Å². The second-order valence-electron chi connectivity index (χ2n) is 6.93. The largest absolute Gasteiger partial charge is 0.394 e. The maximum absolute atomic E-state index is 13.2. The Hall–Kier alpha value is -4.18. The summed E-state index contributed by atoms with van der Waals surface area (Å²) in [6.45, 7) is -0.635. The molecule has 0 aliphatic rings. The molecule has 1 aromatic heterocycles. The average molecular weight is 454 g/mol. The van der Waals surface area contributed by atoms with E-state index in [0.29, 0.717) is 11.3 Å². The fourth-order valence-corrected chi connectivity index (χ4v) is 2.84. The van der Waals surface area contributed by atoms with Crippen molar-refractivity contribution in [2.45, 2.75) is 12.6 Å². The number of anilines is 1. The number of benzene rings is 2. The number of nitrogens with one attached hydrogen (secondary N) is 3. The predicted molar refractivity (Wildman–Crippen MR) is 115 cm³/mol. The number of rotatable bonds is 8. The van der Waals surface area contributed by atoms with Gasteiger partial charge in [-0.25, -0.2) is 9.37 Å². The molecule has 3 aromatic rings. The Kier molecular flexibility index (Phi) is 7.77. The minimum Gasteiger partial charge on any atom is -0.394 e. The Morgan fingerprint density at radius 1 is 0.939 bits per heavy atom. The predicted octanol–water partition coefficient (Wildman–Crippen LogP) is 2.02. The topological polar surface area (TPSA) is 120 Å². The Morgan fingerprint density at radius 2 is 1.67 bits per heavy atom. The molecule has 0 aliphatic carbocycles. The summed E-state index contributed by atoms with van der Waals surface area (Å²) in [4.78, 5) is 40.2. The quantitative estimate of drug-likeness (QED) is 0.388. The monoisotopic (exact) mass is 454 g/mol. The molecule has 0 saturated heterocycles. The van der Waals surface area contributed by atoms with Gasteiger partial charge >= 0.3 is 0 Å². The van der Waals surface area contributed by atoms with Crippen LogP contribution in [-0.2, 0) is 11.3 Å². The first-order chi connectivity index (χ1) is 15.9. The summed E-state index contributed by atoms with van der Waals surface area (Å²) >= 11 is 0. The Labute approximate surface area is 187 Å². The van der Waals surface area contributed by atoms with Crippen molar-refractivity contribution < 1.29 is 28.3 Å². The fraction of sp³-hybridized carbons (Fsp3) is 0.130. The van der Waals surface area contributed by atoms with Crippen LogP contribution in [0.5, 0.6) is 0 Å². The van der Waals surface area contributed by atoms with Crippen LogP contribution in [0.3, 0.4) is 0 Å². The zero-order valence-electron chi connectivity index (χ0n) is 17.2. The number of carbonyl (C=O) groups is 3. The highest BCUT2D eigenvalue weighted by Gasteiger charge is 2.21. The van der Waals surface area contributed by atoms with Gasteiger partial charge in [-0.3, -0.25) is 14.4 Å². The van der Waals surface area contributed by atoms with E-state index < -0.39 is 42.1 Å². The molecular weight excluding hydrogens is 434 g/mol. The van der Waals surface area contributed by atoms with E-state index in [9.17, 15) is 28.3 Å². The minimum absolute atomic E-state index is 0.0453. The van der Waals surface area contributed by atoms with Crippen LogP contribution in [0, 0.1) is 11.8 Å². The molecule has 4 N–H and O–H groups in total. The van der Waals surface area contributed by atoms with Gasteiger partial charge in [0.1, 0.15) is 17.6 Å². The molecule has 0 aliphatic heterocycles. The van der Waals surface area contributed by atoms with Crippen molar-refractivity contribution in [1.29, 1.82) is 0 Å². The fourth-order valence-electron chi connectivity index (χ4n) is 2.84. The van der Waals surface area contributed by atoms with Crippen LogP contribution in [0.1, 0.15) is 26.4 Å². The molecule has 1 heterocycles. The van der Waals surface area contributed by atoms with Crippen LogP contribution in [0.25, 0.3) is 0 Å². The van der Waals surface area contributed by atoms with Gasteiger partial charge in [0.15, 0.2) is 0 Å². The molecule has 10 heteroatoms. The summed E-state index contributed by atoms with van der Waals surface area (Å²) < 4.78 is 26.2. The average Bonchev–Trinajstić information content (AvgIpc) is 2.81. The Bertz CT molecular complexity index is 1160. The number of aromatic nitrogens is 1. The summed E-state index contributed by atoms with van der Waals surface area (Å²) in [6, 6.07) is 14.1. The number of hydrogen-bond donors (Lipinski definition) is 4. The smallest absolute Gasteiger partial charge is 0.270 e. The number of aliphatic hydroxyl groups excluding tert-OH is 1. The van der Waals surface area contributed by atoms with Crippen LogP contribution in [0.4, 0.5) is 14.5 Å². The highest BCUT2D eigenvalue weighted by molar-refractivity contribution is 6.04. The summed E-state index contributed by atoms with van der Waals surface area (Å²) in [5, 5.41) is 17.0. The molecule has 170 valence electrons. The summed E-state index contributed by atoms with van der Waals surface area (Å²) in [6.07, 6.45) is 0. The number of halogens is 2. The first-order valence-corrected chi connectivity index (χ1v) is 9.83. The van der Waals surface area contributed by atoms with Crippen LogP contribution in [0.2, 0.25) is 0 Å². The lowest BCUT2D eigenvalue weighted by Gasteiger charge is -2.16. The van der Waals surface area contributed by atoms with E-state index in [4.69, 9.17) is 0 Å². The Balaban J connectivity index is 1.57. The minimum atomic E-state index is -1.27. The van der Waals surface area contributed by atoms with Crippen molar-refractivity contribution in [2.24, 2.45) is 0 Å². The van der Waals surface area contributed by atoms with Gasteiger partial charge in [-0.15, -0.1) is 0 Å². The van der Waals surface area contributed by atoms with E-state index in [-0.39, 0.29) is 17.8 Å². The summed E-state index contributed by atoms with van der Waals surface area (Å²) in [5.74, 6) is -3.20. The van der Waals surface area contributed by atoms with E-state index in [0.717, 1.165) is 6.07 Å². The van der Waals surface area contributed by atoms with Crippen molar-refractivity contribution >= 4 is 23.4 Å². The molecule has 0 unspecified atom stereocenters. The number of aliphatic hydroxyl groups is 1. The molecule has 2 aromatic carbocycles. The third kappa shape index (κ3) is 6.65. The van der Waals surface area contributed by atoms with Crippen molar-refractivity contribution in [3.63, 3.8) is 0 Å². The third-order valence-electron chi connectivity index (χ3n) is 4.51. The van der Waals surface area contributed by atoms with E-state index in [1.807, 2.05) is 0 Å². The third-order valence-corrected chi connectivity index (χ3v) is 4.51. The lowest BCUT2D eigenvalue weighted by molar-refractivity contribution is -0.124. The standard InChI is InChI=1S/C23H20F2N4O4/c24-16-9-7-15(8-10-16)21(31)27-17-4-1-3-14(11-17)12-26-22(32)19(13-30)29-23(33)18-5-2-6-20(25)28-18/h1-11,19,30H,12-13H2,(H,26,32)(H,27,31)(H,29,33)/t19-/m0/s1. The van der Waals surface area contributed by atoms with Crippen molar-refractivity contribution in [1.82, 2.24) is 15.6 Å². The van der Waals surface area contributed by atoms with Gasteiger partial charge < -0.3 is 21.1 Å². The van der Waals surface area contributed by atoms with Gasteiger partial charge in [-0.1, -0.05) is 18.2 Å². The second kappa shape index (κ2) is 10.9. The molecule has 0 spiro atoms. The normalized spacial score (nSPS) is 11.4. The Morgan fingerprint density at radius 3 is 2.36 bits per heavy atom. The lowest BCUT2D eigenvalue weighted by Crippen LogP contribution is -2.48. The number of hydrogen-bond acceptors (Lipinski definition) is 5. The maximum atomic E-state index is 13.2. The lowest BCUT2D eigenvalue weighted by atomic mass is 10.1. The highest BCUT2D eigenvalue weighted by Crippen LogP contribution is 2.13. The summed E-state index contributed by atoms with van der Waals surface area (Å²) in [7, 11) is 0. The molecule has 8 nitrogen and oxygen atoms in total. The van der Waals surface area contributed by atoms with Crippen LogP contribution in [0.15, 0.2) is 66.7 Å². The van der Waals surface area contributed by atoms with E-state index in [2.05, 4.69) is 20.9 Å². The van der Waals surface area contributed by atoms with Crippen LogP contribution >= 0.6 is 0 Å². The van der Waals surface area contributed by atoms with Crippen molar-refractivity contribution in [3.8, 4) is 0 Å². The molecule has 1 atom stereocenters. The summed E-state index contributed by atoms with van der Waals surface area (Å²) in [5.41, 5.74) is 1.14. The number of amides is 3. The van der Waals surface area contributed by atoms with Crippen molar-refractivity contribution in [3.05, 3.63) is 95.3 Å². The molecule has 0 bridgehead atoms. The van der Waals surface area contributed by atoms with Gasteiger partial charge in [0.05, 0.1) is 6.61 Å². The van der Waals surface area contributed by atoms with E-state index in [1.54, 1.807) is 24.3 Å². The zero-order valence-corrected chi connectivity index (χ0v) is 17.2. The molecular formula is C23H20F2N4O4. The van der Waals surface area contributed by atoms with Gasteiger partial charge in [0.25, 0.3) is 11.8 Å². The SMILES string of the molecule is O=C(Nc1cccc(CNC(=O)[C@H](CO)NC(=O)c2cccc(F)n2)c1)c1ccc(F)cc1. The molecule has 33 heavy (non-hydrogen) atoms. The van der Waals surface area contributed by atoms with Gasteiger partial charge in [0.2, 0.25) is 11.9 Å². The molecule has 3 rings (SSSR count). The van der Waals surface area contributed by atoms with Gasteiger partial charge in [-0.2, -0.15) is 4.39 Å². The molecule has 0 radical (unpaired) electrons. The first kappa shape index (κ1) is 23.5.